The van der Waals surface area contributed by atoms with Crippen LogP contribution in [0.25, 0.3) is 0 Å². The number of aromatic nitrogens is 1. The van der Waals surface area contributed by atoms with Crippen molar-refractivity contribution in [3.8, 4) is 0 Å². The van der Waals surface area contributed by atoms with Gasteiger partial charge in [0.2, 0.25) is 0 Å². The van der Waals surface area contributed by atoms with Gasteiger partial charge in [0.25, 0.3) is 5.91 Å². The van der Waals surface area contributed by atoms with Crippen molar-refractivity contribution in [1.82, 2.24) is 4.98 Å². The van der Waals surface area contributed by atoms with Crippen molar-refractivity contribution in [3.63, 3.8) is 0 Å². The van der Waals surface area contributed by atoms with Crippen LogP contribution in [-0.4, -0.2) is 10.9 Å². The molecule has 2 aromatic heterocycles. The Kier molecular flexibility index (Phi) is 5.01. The van der Waals surface area contributed by atoms with Crippen molar-refractivity contribution in [3.05, 3.63) is 63.0 Å². The molecule has 0 aliphatic rings. The highest BCUT2D eigenvalue weighted by Gasteiger charge is 2.16. The van der Waals surface area contributed by atoms with Gasteiger partial charge in [-0.15, -0.1) is 0 Å². The van der Waals surface area contributed by atoms with Gasteiger partial charge in [0, 0.05) is 10.2 Å². The van der Waals surface area contributed by atoms with Gasteiger partial charge in [-0.25, -0.2) is 4.98 Å². The van der Waals surface area contributed by atoms with E-state index in [1.165, 1.54) is 11.3 Å². The van der Waals surface area contributed by atoms with E-state index in [0.29, 0.717) is 22.2 Å². The van der Waals surface area contributed by atoms with Crippen LogP contribution in [0.15, 0.2) is 45.5 Å². The average Bonchev–Trinajstić information content (AvgIpc) is 3.18. The van der Waals surface area contributed by atoms with E-state index in [9.17, 15) is 4.79 Å². The number of rotatable bonds is 5. The number of hydrogen-bond acceptors (Lipinski definition) is 5. The van der Waals surface area contributed by atoms with Crippen LogP contribution in [0.4, 0.5) is 10.8 Å². The lowest BCUT2D eigenvalue weighted by molar-refractivity contribution is 0.103. The number of hydrogen-bond donors (Lipinski definition) is 2. The minimum Gasteiger partial charge on any atom is -0.467 e. The summed E-state index contributed by atoms with van der Waals surface area (Å²) in [6.45, 7) is 4.34. The molecular weight excluding hydrogens is 390 g/mol. The lowest BCUT2D eigenvalue weighted by atomic mass is 10.2. The molecule has 124 valence electrons. The van der Waals surface area contributed by atoms with Crippen molar-refractivity contribution in [1.29, 1.82) is 0 Å². The summed E-state index contributed by atoms with van der Waals surface area (Å²) in [5.41, 5.74) is 2.53. The number of thiazole rings is 1. The largest absolute Gasteiger partial charge is 0.467 e. The standard InChI is InChI=1S/C17H16BrN3O2S/c1-10-8-12(5-6-14(10)18)21-16(22)15-11(2)20-17(24-15)19-9-13-4-3-7-23-13/h3-8H,9H2,1-2H3,(H,19,20)(H,21,22). The Hall–Kier alpha value is -2.12. The fourth-order valence-corrected chi connectivity index (χ4v) is 3.27. The summed E-state index contributed by atoms with van der Waals surface area (Å²) in [6.07, 6.45) is 1.63. The Labute approximate surface area is 152 Å². The molecule has 2 heterocycles. The van der Waals surface area contributed by atoms with E-state index in [2.05, 4.69) is 31.5 Å². The molecule has 0 bridgehead atoms. The van der Waals surface area contributed by atoms with Crippen LogP contribution < -0.4 is 10.6 Å². The zero-order chi connectivity index (χ0) is 17.1. The van der Waals surface area contributed by atoms with Crippen molar-refractivity contribution in [2.75, 3.05) is 10.6 Å². The van der Waals surface area contributed by atoms with Crippen LogP contribution in [0.2, 0.25) is 0 Å². The normalized spacial score (nSPS) is 10.6. The van der Waals surface area contributed by atoms with E-state index < -0.39 is 0 Å². The molecule has 0 fully saturated rings. The van der Waals surface area contributed by atoms with Crippen LogP contribution in [0.5, 0.6) is 0 Å². The van der Waals surface area contributed by atoms with Gasteiger partial charge in [-0.2, -0.15) is 0 Å². The monoisotopic (exact) mass is 405 g/mol. The molecule has 0 aliphatic heterocycles. The second-order valence-electron chi connectivity index (χ2n) is 5.28. The van der Waals surface area contributed by atoms with Crippen molar-refractivity contribution >= 4 is 44.0 Å². The molecule has 0 radical (unpaired) electrons. The van der Waals surface area contributed by atoms with E-state index in [4.69, 9.17) is 4.42 Å². The summed E-state index contributed by atoms with van der Waals surface area (Å²) in [5.74, 6) is 0.664. The number of carbonyl (C=O) groups excluding carboxylic acids is 1. The maximum Gasteiger partial charge on any atom is 0.267 e. The van der Waals surface area contributed by atoms with Gasteiger partial charge in [0.05, 0.1) is 18.5 Å². The third-order valence-corrected chi connectivity index (χ3v) is 5.42. The molecule has 0 unspecified atom stereocenters. The van der Waals surface area contributed by atoms with E-state index in [-0.39, 0.29) is 5.91 Å². The molecule has 7 heteroatoms. The van der Waals surface area contributed by atoms with Gasteiger partial charge >= 0.3 is 0 Å². The Balaban J connectivity index is 1.69. The highest BCUT2D eigenvalue weighted by Crippen LogP contribution is 2.25. The smallest absolute Gasteiger partial charge is 0.267 e. The molecule has 2 N–H and O–H groups in total. The molecular formula is C17H16BrN3O2S. The summed E-state index contributed by atoms with van der Waals surface area (Å²) in [6, 6.07) is 9.43. The van der Waals surface area contributed by atoms with Gasteiger partial charge < -0.3 is 15.1 Å². The summed E-state index contributed by atoms with van der Waals surface area (Å²) in [7, 11) is 0. The molecule has 0 saturated carbocycles. The van der Waals surface area contributed by atoms with Crippen LogP contribution in [0.3, 0.4) is 0 Å². The Morgan fingerprint density at radius 2 is 2.17 bits per heavy atom. The first kappa shape index (κ1) is 16.7. The molecule has 1 aromatic carbocycles. The molecule has 0 spiro atoms. The van der Waals surface area contributed by atoms with Gasteiger partial charge in [-0.05, 0) is 49.7 Å². The molecule has 5 nitrogen and oxygen atoms in total. The first-order valence-electron chi connectivity index (χ1n) is 7.34. The SMILES string of the molecule is Cc1cc(NC(=O)c2sc(NCc3ccco3)nc2C)ccc1Br. The average molecular weight is 406 g/mol. The van der Waals surface area contributed by atoms with E-state index in [1.807, 2.05) is 44.2 Å². The second-order valence-corrected chi connectivity index (χ2v) is 7.14. The molecule has 1 amide bonds. The van der Waals surface area contributed by atoms with Crippen molar-refractivity contribution < 1.29 is 9.21 Å². The van der Waals surface area contributed by atoms with Crippen LogP contribution in [-0.2, 0) is 6.54 Å². The number of anilines is 2. The summed E-state index contributed by atoms with van der Waals surface area (Å²) < 4.78 is 6.28. The third-order valence-electron chi connectivity index (χ3n) is 3.41. The van der Waals surface area contributed by atoms with E-state index in [1.54, 1.807) is 6.26 Å². The molecule has 3 rings (SSSR count). The molecule has 0 atom stereocenters. The number of nitrogens with one attached hydrogen (secondary N) is 2. The summed E-state index contributed by atoms with van der Waals surface area (Å²) in [5, 5.41) is 6.78. The first-order valence-corrected chi connectivity index (χ1v) is 8.95. The van der Waals surface area contributed by atoms with E-state index >= 15 is 0 Å². The molecule has 24 heavy (non-hydrogen) atoms. The van der Waals surface area contributed by atoms with Gasteiger partial charge in [0.15, 0.2) is 5.13 Å². The van der Waals surface area contributed by atoms with Gasteiger partial charge in [-0.3, -0.25) is 4.79 Å². The quantitative estimate of drug-likeness (QED) is 0.627. The summed E-state index contributed by atoms with van der Waals surface area (Å²) in [4.78, 5) is 17.5. The third kappa shape index (κ3) is 3.85. The molecule has 3 aromatic rings. The minimum absolute atomic E-state index is 0.155. The molecule has 0 aliphatic carbocycles. The first-order chi connectivity index (χ1) is 11.5. The lowest BCUT2D eigenvalue weighted by Gasteiger charge is -2.06. The maximum absolute atomic E-state index is 12.5. The number of aryl methyl sites for hydroxylation is 2. The lowest BCUT2D eigenvalue weighted by Crippen LogP contribution is -2.11. The van der Waals surface area contributed by atoms with Crippen LogP contribution in [0.1, 0.15) is 26.7 Å². The predicted octanol–water partition coefficient (Wildman–Crippen LogP) is 4.98. The highest BCUT2D eigenvalue weighted by molar-refractivity contribution is 9.10. The maximum atomic E-state index is 12.5. The number of halogens is 1. The fourth-order valence-electron chi connectivity index (χ4n) is 2.17. The number of benzene rings is 1. The minimum atomic E-state index is -0.155. The van der Waals surface area contributed by atoms with Gasteiger partial charge in [0.1, 0.15) is 10.6 Å². The van der Waals surface area contributed by atoms with Crippen molar-refractivity contribution in [2.45, 2.75) is 20.4 Å². The molecule has 0 saturated heterocycles. The number of nitrogens with zero attached hydrogens (tertiary/aromatic N) is 1. The number of furan rings is 1. The Morgan fingerprint density at radius 3 is 2.88 bits per heavy atom. The Bertz CT molecular complexity index is 859. The van der Waals surface area contributed by atoms with Crippen LogP contribution in [0, 0.1) is 13.8 Å². The highest BCUT2D eigenvalue weighted by atomic mass is 79.9. The fraction of sp³-hybridized carbons (Fsp3) is 0.176. The zero-order valence-corrected chi connectivity index (χ0v) is 15.6. The van der Waals surface area contributed by atoms with Gasteiger partial charge in [-0.1, -0.05) is 27.3 Å². The van der Waals surface area contributed by atoms with Crippen LogP contribution >= 0.6 is 27.3 Å². The predicted molar refractivity (Wildman–Crippen MR) is 99.7 cm³/mol. The Morgan fingerprint density at radius 1 is 1.33 bits per heavy atom. The van der Waals surface area contributed by atoms with Crippen molar-refractivity contribution in [2.24, 2.45) is 0 Å². The number of amides is 1. The number of carbonyl (C=O) groups is 1. The topological polar surface area (TPSA) is 67.2 Å². The van der Waals surface area contributed by atoms with E-state index in [0.717, 1.165) is 21.5 Å². The second kappa shape index (κ2) is 7.19. The zero-order valence-electron chi connectivity index (χ0n) is 13.2. The summed E-state index contributed by atoms with van der Waals surface area (Å²) >= 11 is 4.78.